The predicted octanol–water partition coefficient (Wildman–Crippen LogP) is 3.03. The predicted molar refractivity (Wildman–Crippen MR) is 76.5 cm³/mol. The average Bonchev–Trinajstić information content (AvgIpc) is 3.15. The second-order valence-corrected chi connectivity index (χ2v) is 5.25. The molecular formula is C16H15N3O2. The second kappa shape index (κ2) is 4.86. The normalized spacial score (nSPS) is 17.7. The highest BCUT2D eigenvalue weighted by Crippen LogP contribution is 2.27. The fourth-order valence-corrected chi connectivity index (χ4v) is 2.73. The first-order valence-corrected chi connectivity index (χ1v) is 6.99. The summed E-state index contributed by atoms with van der Waals surface area (Å²) < 4.78 is 10.7. The number of hydrogen-bond acceptors (Lipinski definition) is 5. The van der Waals surface area contributed by atoms with Crippen molar-refractivity contribution in [3.8, 4) is 11.4 Å². The Labute approximate surface area is 122 Å². The van der Waals surface area contributed by atoms with Gasteiger partial charge < -0.3 is 14.3 Å². The van der Waals surface area contributed by atoms with Crippen LogP contribution in [0.3, 0.4) is 0 Å². The highest BCUT2D eigenvalue weighted by Gasteiger charge is 2.24. The van der Waals surface area contributed by atoms with Gasteiger partial charge in [0.2, 0.25) is 11.7 Å². The molecule has 0 saturated heterocycles. The molecule has 0 spiro atoms. The molecule has 1 aliphatic heterocycles. The number of aryl methyl sites for hydroxylation is 1. The molecule has 1 aromatic carbocycles. The van der Waals surface area contributed by atoms with Crippen LogP contribution in [0.5, 0.6) is 0 Å². The molecule has 3 heterocycles. The van der Waals surface area contributed by atoms with Crippen molar-refractivity contribution in [3.05, 3.63) is 59.4 Å². The zero-order valence-electron chi connectivity index (χ0n) is 11.7. The third kappa shape index (κ3) is 2.15. The molecule has 106 valence electrons. The van der Waals surface area contributed by atoms with E-state index in [2.05, 4.69) is 39.7 Å². The summed E-state index contributed by atoms with van der Waals surface area (Å²) in [5.41, 5.74) is 3.54. The lowest BCUT2D eigenvalue weighted by Crippen LogP contribution is -2.28. The minimum atomic E-state index is 0.0633. The zero-order chi connectivity index (χ0) is 14.2. The number of furan rings is 1. The van der Waals surface area contributed by atoms with Gasteiger partial charge in [-0.15, -0.1) is 0 Å². The molecule has 5 nitrogen and oxygen atoms in total. The van der Waals surface area contributed by atoms with Crippen LogP contribution in [-0.2, 0) is 13.0 Å². The van der Waals surface area contributed by atoms with E-state index in [4.69, 9.17) is 8.94 Å². The van der Waals surface area contributed by atoms with E-state index in [1.807, 2.05) is 13.0 Å². The smallest absolute Gasteiger partial charge is 0.244 e. The Kier molecular flexibility index (Phi) is 2.86. The van der Waals surface area contributed by atoms with Gasteiger partial charge in [0.1, 0.15) is 5.76 Å². The lowest BCUT2D eigenvalue weighted by molar-refractivity contribution is 0.321. The van der Waals surface area contributed by atoms with Crippen LogP contribution in [-0.4, -0.2) is 10.1 Å². The van der Waals surface area contributed by atoms with Gasteiger partial charge in [0, 0.05) is 6.54 Å². The summed E-state index contributed by atoms with van der Waals surface area (Å²) in [7, 11) is 0. The topological polar surface area (TPSA) is 64.1 Å². The van der Waals surface area contributed by atoms with E-state index in [9.17, 15) is 0 Å². The molecule has 0 fully saturated rings. The Morgan fingerprint density at radius 3 is 2.86 bits per heavy atom. The molecule has 4 rings (SSSR count). The van der Waals surface area contributed by atoms with Gasteiger partial charge >= 0.3 is 0 Å². The van der Waals surface area contributed by atoms with Crippen LogP contribution < -0.4 is 5.32 Å². The number of hydrogen-bond donors (Lipinski definition) is 1. The van der Waals surface area contributed by atoms with E-state index in [-0.39, 0.29) is 6.04 Å². The first kappa shape index (κ1) is 12.3. The van der Waals surface area contributed by atoms with Crippen LogP contribution in [0, 0.1) is 6.92 Å². The Balaban J connectivity index is 1.61. The maximum absolute atomic E-state index is 5.43. The molecule has 0 saturated carbocycles. The molecular weight excluding hydrogens is 266 g/mol. The molecule has 0 bridgehead atoms. The summed E-state index contributed by atoms with van der Waals surface area (Å²) in [6, 6.07) is 10.3. The molecule has 0 aliphatic carbocycles. The van der Waals surface area contributed by atoms with Gasteiger partial charge in [-0.05, 0) is 30.5 Å². The maximum Gasteiger partial charge on any atom is 0.244 e. The number of benzene rings is 1. The SMILES string of the molecule is Cc1occc1-c1noc([C@H]2Cc3ccccc3CN2)n1. The summed E-state index contributed by atoms with van der Waals surface area (Å²) in [4.78, 5) is 4.51. The highest BCUT2D eigenvalue weighted by molar-refractivity contribution is 5.56. The maximum atomic E-state index is 5.43. The number of fused-ring (bicyclic) bond motifs is 1. The lowest BCUT2D eigenvalue weighted by atomic mass is 9.96. The standard InChI is InChI=1S/C16H15N3O2/c1-10-13(6-7-20-10)15-18-16(21-19-15)14-8-11-4-2-3-5-12(11)9-17-14/h2-7,14,17H,8-9H2,1H3/t14-/m1/s1. The molecule has 0 unspecified atom stereocenters. The minimum absolute atomic E-state index is 0.0633. The average molecular weight is 281 g/mol. The first-order chi connectivity index (χ1) is 10.3. The van der Waals surface area contributed by atoms with Crippen LogP contribution in [0.4, 0.5) is 0 Å². The van der Waals surface area contributed by atoms with Crippen molar-refractivity contribution in [1.29, 1.82) is 0 Å². The van der Waals surface area contributed by atoms with Gasteiger partial charge in [0.05, 0.1) is 17.9 Å². The third-order valence-corrected chi connectivity index (χ3v) is 3.92. The van der Waals surface area contributed by atoms with Crippen molar-refractivity contribution in [3.63, 3.8) is 0 Å². The monoisotopic (exact) mass is 281 g/mol. The van der Waals surface area contributed by atoms with E-state index >= 15 is 0 Å². The largest absolute Gasteiger partial charge is 0.469 e. The van der Waals surface area contributed by atoms with Gasteiger partial charge in [0.15, 0.2) is 0 Å². The van der Waals surface area contributed by atoms with Gasteiger partial charge in [-0.25, -0.2) is 0 Å². The van der Waals surface area contributed by atoms with Gasteiger partial charge in [-0.3, -0.25) is 0 Å². The first-order valence-electron chi connectivity index (χ1n) is 6.99. The van der Waals surface area contributed by atoms with E-state index < -0.39 is 0 Å². The van der Waals surface area contributed by atoms with Crippen molar-refractivity contribution < 1.29 is 8.94 Å². The van der Waals surface area contributed by atoms with Gasteiger partial charge in [0.25, 0.3) is 0 Å². The highest BCUT2D eigenvalue weighted by atomic mass is 16.5. The van der Waals surface area contributed by atoms with Crippen molar-refractivity contribution in [2.24, 2.45) is 0 Å². The lowest BCUT2D eigenvalue weighted by Gasteiger charge is -2.23. The summed E-state index contributed by atoms with van der Waals surface area (Å²) in [6.45, 7) is 2.71. The van der Waals surface area contributed by atoms with E-state index in [1.165, 1.54) is 11.1 Å². The van der Waals surface area contributed by atoms with E-state index in [0.29, 0.717) is 11.7 Å². The number of nitrogens with one attached hydrogen (secondary N) is 1. The summed E-state index contributed by atoms with van der Waals surface area (Å²) >= 11 is 0. The van der Waals surface area contributed by atoms with Crippen LogP contribution in [0.15, 0.2) is 45.5 Å². The van der Waals surface area contributed by atoms with Crippen molar-refractivity contribution >= 4 is 0 Å². The van der Waals surface area contributed by atoms with E-state index in [0.717, 1.165) is 24.3 Å². The Hall–Kier alpha value is -2.40. The number of aromatic nitrogens is 2. The molecule has 0 radical (unpaired) electrons. The molecule has 1 N–H and O–H groups in total. The van der Waals surface area contributed by atoms with Crippen LogP contribution in [0.1, 0.15) is 28.8 Å². The van der Waals surface area contributed by atoms with Gasteiger partial charge in [-0.1, -0.05) is 29.4 Å². The summed E-state index contributed by atoms with van der Waals surface area (Å²) in [5.74, 6) is 2.00. The molecule has 1 atom stereocenters. The van der Waals surface area contributed by atoms with E-state index in [1.54, 1.807) is 6.26 Å². The summed E-state index contributed by atoms with van der Waals surface area (Å²) in [5, 5.41) is 7.51. The molecule has 2 aromatic heterocycles. The zero-order valence-corrected chi connectivity index (χ0v) is 11.7. The van der Waals surface area contributed by atoms with Crippen molar-refractivity contribution in [1.82, 2.24) is 15.5 Å². The minimum Gasteiger partial charge on any atom is -0.469 e. The quantitative estimate of drug-likeness (QED) is 0.782. The number of nitrogens with zero attached hydrogens (tertiary/aromatic N) is 2. The van der Waals surface area contributed by atoms with Crippen LogP contribution in [0.2, 0.25) is 0 Å². The molecule has 1 aliphatic rings. The number of rotatable bonds is 2. The second-order valence-electron chi connectivity index (χ2n) is 5.25. The molecule has 3 aromatic rings. The molecule has 0 amide bonds. The van der Waals surface area contributed by atoms with Gasteiger partial charge in [-0.2, -0.15) is 4.98 Å². The van der Waals surface area contributed by atoms with Crippen LogP contribution >= 0.6 is 0 Å². The third-order valence-electron chi connectivity index (χ3n) is 3.92. The van der Waals surface area contributed by atoms with Crippen LogP contribution in [0.25, 0.3) is 11.4 Å². The fraction of sp³-hybridized carbons (Fsp3) is 0.250. The summed E-state index contributed by atoms with van der Waals surface area (Å²) in [6.07, 6.45) is 2.50. The molecule has 5 heteroatoms. The Morgan fingerprint density at radius 1 is 1.19 bits per heavy atom. The van der Waals surface area contributed by atoms with Crippen molar-refractivity contribution in [2.75, 3.05) is 0 Å². The Bertz CT molecular complexity index is 775. The molecule has 21 heavy (non-hydrogen) atoms. The Morgan fingerprint density at radius 2 is 2.05 bits per heavy atom. The fourth-order valence-electron chi connectivity index (χ4n) is 2.73. The van der Waals surface area contributed by atoms with Crippen molar-refractivity contribution in [2.45, 2.75) is 25.9 Å².